The number of carbonyl (C=O) groups is 2. The molecule has 1 aromatic rings. The van der Waals surface area contributed by atoms with Gasteiger partial charge in [-0.2, -0.15) is 0 Å². The van der Waals surface area contributed by atoms with Crippen LogP contribution in [-0.2, 0) is 0 Å². The number of carboxylic acids is 1. The van der Waals surface area contributed by atoms with Crippen molar-refractivity contribution in [1.29, 1.82) is 0 Å². The van der Waals surface area contributed by atoms with Gasteiger partial charge in [-0.05, 0) is 24.9 Å². The fraction of sp³-hybridized carbons (Fsp3) is 0.538. The molecular weight excluding hydrogens is 278 g/mol. The van der Waals surface area contributed by atoms with Crippen LogP contribution >= 0.6 is 11.3 Å². The number of piperazine rings is 1. The fourth-order valence-corrected chi connectivity index (χ4v) is 3.17. The van der Waals surface area contributed by atoms with E-state index in [2.05, 4.69) is 24.1 Å². The molecule has 0 aliphatic carbocycles. The molecular formula is C13H19N3O3S. The van der Waals surface area contributed by atoms with E-state index >= 15 is 0 Å². The second-order valence-corrected chi connectivity index (χ2v) is 5.74. The third-order valence-electron chi connectivity index (χ3n) is 3.57. The maximum Gasteiger partial charge on any atom is 0.338 e. The molecule has 1 unspecified atom stereocenters. The summed E-state index contributed by atoms with van der Waals surface area (Å²) < 4.78 is 0. The Bertz CT molecular complexity index is 503. The molecule has 0 saturated carbocycles. The highest BCUT2D eigenvalue weighted by atomic mass is 32.1. The van der Waals surface area contributed by atoms with Gasteiger partial charge in [0, 0.05) is 25.7 Å². The van der Waals surface area contributed by atoms with Gasteiger partial charge in [-0.3, -0.25) is 10.2 Å². The van der Waals surface area contributed by atoms with Gasteiger partial charge in [0.25, 0.3) is 0 Å². The monoisotopic (exact) mass is 297 g/mol. The van der Waals surface area contributed by atoms with Gasteiger partial charge in [0.05, 0.1) is 5.56 Å². The molecule has 2 N–H and O–H groups in total. The van der Waals surface area contributed by atoms with Crippen LogP contribution in [-0.4, -0.2) is 59.1 Å². The lowest BCUT2D eigenvalue weighted by Crippen LogP contribution is -2.54. The molecule has 20 heavy (non-hydrogen) atoms. The number of anilines is 1. The van der Waals surface area contributed by atoms with Crippen molar-refractivity contribution in [3.63, 3.8) is 0 Å². The Morgan fingerprint density at radius 2 is 2.25 bits per heavy atom. The highest BCUT2D eigenvalue weighted by Crippen LogP contribution is 2.23. The Balaban J connectivity index is 1.99. The predicted octanol–water partition coefficient (Wildman–Crippen LogP) is 2.00. The summed E-state index contributed by atoms with van der Waals surface area (Å²) in [5.41, 5.74) is 0.142. The molecule has 2 amide bonds. The summed E-state index contributed by atoms with van der Waals surface area (Å²) >= 11 is 1.23. The molecule has 0 aromatic carbocycles. The number of urea groups is 1. The van der Waals surface area contributed by atoms with E-state index < -0.39 is 5.97 Å². The molecule has 7 heteroatoms. The third kappa shape index (κ3) is 3.10. The van der Waals surface area contributed by atoms with E-state index in [1.54, 1.807) is 10.3 Å². The first-order valence-electron chi connectivity index (χ1n) is 6.63. The van der Waals surface area contributed by atoms with Crippen molar-refractivity contribution in [3.8, 4) is 0 Å². The van der Waals surface area contributed by atoms with E-state index in [4.69, 9.17) is 5.11 Å². The minimum atomic E-state index is -1.02. The van der Waals surface area contributed by atoms with Crippen molar-refractivity contribution >= 4 is 28.3 Å². The van der Waals surface area contributed by atoms with E-state index in [0.29, 0.717) is 24.1 Å². The zero-order valence-corrected chi connectivity index (χ0v) is 12.4. The van der Waals surface area contributed by atoms with Crippen LogP contribution in [0.25, 0.3) is 0 Å². The number of hydrogen-bond acceptors (Lipinski definition) is 4. The van der Waals surface area contributed by atoms with Gasteiger partial charge >= 0.3 is 12.0 Å². The Labute approximate surface area is 122 Å². The third-order valence-corrected chi connectivity index (χ3v) is 4.40. The first-order valence-corrected chi connectivity index (χ1v) is 7.51. The van der Waals surface area contributed by atoms with Crippen LogP contribution in [0.15, 0.2) is 11.4 Å². The standard InChI is InChI=1S/C13H19N3O3S/c1-3-15-5-6-16(8-9(15)2)13(19)14-11-10(12(17)18)4-7-20-11/h4,7,9H,3,5-6,8H2,1-2H3,(H,14,19)(H,17,18). The van der Waals surface area contributed by atoms with Crippen LogP contribution in [0.4, 0.5) is 9.80 Å². The van der Waals surface area contributed by atoms with Crippen molar-refractivity contribution < 1.29 is 14.7 Å². The van der Waals surface area contributed by atoms with E-state index in [1.165, 1.54) is 17.4 Å². The Morgan fingerprint density at radius 1 is 1.50 bits per heavy atom. The number of carbonyl (C=O) groups excluding carboxylic acids is 1. The van der Waals surface area contributed by atoms with Gasteiger partial charge in [0.2, 0.25) is 0 Å². The molecule has 0 radical (unpaired) electrons. The van der Waals surface area contributed by atoms with Crippen LogP contribution in [0.1, 0.15) is 24.2 Å². The van der Waals surface area contributed by atoms with Crippen molar-refractivity contribution in [2.45, 2.75) is 19.9 Å². The molecule has 110 valence electrons. The Hall–Kier alpha value is -1.60. The first-order chi connectivity index (χ1) is 9.52. The molecule has 1 atom stereocenters. The fourth-order valence-electron chi connectivity index (χ4n) is 2.40. The molecule has 2 heterocycles. The van der Waals surface area contributed by atoms with Crippen LogP contribution in [0.5, 0.6) is 0 Å². The van der Waals surface area contributed by atoms with Crippen molar-refractivity contribution in [2.75, 3.05) is 31.5 Å². The molecule has 1 aliphatic rings. The highest BCUT2D eigenvalue weighted by Gasteiger charge is 2.26. The van der Waals surface area contributed by atoms with E-state index in [-0.39, 0.29) is 11.6 Å². The van der Waals surface area contributed by atoms with Crippen LogP contribution in [0.3, 0.4) is 0 Å². The summed E-state index contributed by atoms with van der Waals surface area (Å²) in [4.78, 5) is 27.3. The highest BCUT2D eigenvalue weighted by molar-refractivity contribution is 7.14. The molecule has 1 aromatic heterocycles. The zero-order valence-electron chi connectivity index (χ0n) is 11.6. The summed E-state index contributed by atoms with van der Waals surface area (Å²) in [6, 6.07) is 1.60. The maximum atomic E-state index is 12.2. The van der Waals surface area contributed by atoms with Crippen LogP contribution in [0, 0.1) is 0 Å². The number of likely N-dealkylation sites (N-methyl/N-ethyl adjacent to an activating group) is 1. The molecule has 0 bridgehead atoms. The Kier molecular flexibility index (Phi) is 4.61. The average molecular weight is 297 g/mol. The number of amides is 2. The van der Waals surface area contributed by atoms with E-state index in [0.717, 1.165) is 13.1 Å². The van der Waals surface area contributed by atoms with Gasteiger partial charge in [0.15, 0.2) is 0 Å². The summed E-state index contributed by atoms with van der Waals surface area (Å²) in [7, 11) is 0. The number of aromatic carboxylic acids is 1. The minimum absolute atomic E-state index is 0.142. The predicted molar refractivity (Wildman–Crippen MR) is 78.6 cm³/mol. The van der Waals surface area contributed by atoms with Crippen LogP contribution in [0.2, 0.25) is 0 Å². The molecule has 1 saturated heterocycles. The largest absolute Gasteiger partial charge is 0.478 e. The zero-order chi connectivity index (χ0) is 14.7. The van der Waals surface area contributed by atoms with E-state index in [9.17, 15) is 9.59 Å². The molecule has 2 rings (SSSR count). The summed E-state index contributed by atoms with van der Waals surface area (Å²) in [6.07, 6.45) is 0. The second-order valence-electron chi connectivity index (χ2n) is 4.82. The second kappa shape index (κ2) is 6.23. The van der Waals surface area contributed by atoms with Gasteiger partial charge in [-0.1, -0.05) is 6.92 Å². The lowest BCUT2D eigenvalue weighted by molar-refractivity contribution is 0.0698. The molecule has 1 fully saturated rings. The topological polar surface area (TPSA) is 72.9 Å². The van der Waals surface area contributed by atoms with E-state index in [1.807, 2.05) is 0 Å². The van der Waals surface area contributed by atoms with Crippen molar-refractivity contribution in [2.24, 2.45) is 0 Å². The Morgan fingerprint density at radius 3 is 2.85 bits per heavy atom. The average Bonchev–Trinajstić information content (AvgIpc) is 2.86. The quantitative estimate of drug-likeness (QED) is 0.895. The number of rotatable bonds is 3. The maximum absolute atomic E-state index is 12.2. The number of nitrogens with one attached hydrogen (secondary N) is 1. The minimum Gasteiger partial charge on any atom is -0.478 e. The van der Waals surface area contributed by atoms with Gasteiger partial charge in [0.1, 0.15) is 5.00 Å². The smallest absolute Gasteiger partial charge is 0.338 e. The van der Waals surface area contributed by atoms with Gasteiger partial charge in [-0.25, -0.2) is 9.59 Å². The normalized spacial score (nSPS) is 19.9. The molecule has 1 aliphatic heterocycles. The molecule has 6 nitrogen and oxygen atoms in total. The van der Waals surface area contributed by atoms with Crippen molar-refractivity contribution in [3.05, 3.63) is 17.0 Å². The first kappa shape index (κ1) is 14.8. The number of nitrogens with zero attached hydrogens (tertiary/aromatic N) is 2. The lowest BCUT2D eigenvalue weighted by Gasteiger charge is -2.39. The lowest BCUT2D eigenvalue weighted by atomic mass is 10.2. The van der Waals surface area contributed by atoms with Gasteiger partial charge < -0.3 is 10.0 Å². The molecule has 0 spiro atoms. The summed E-state index contributed by atoms with van der Waals surface area (Å²) in [6.45, 7) is 7.35. The number of carboxylic acid groups (broad SMARTS) is 1. The van der Waals surface area contributed by atoms with Crippen LogP contribution < -0.4 is 5.32 Å². The number of hydrogen-bond donors (Lipinski definition) is 2. The SMILES string of the molecule is CCN1CCN(C(=O)Nc2sccc2C(=O)O)CC1C. The van der Waals surface area contributed by atoms with Gasteiger partial charge in [-0.15, -0.1) is 11.3 Å². The summed E-state index contributed by atoms with van der Waals surface area (Å²) in [5, 5.41) is 13.8. The summed E-state index contributed by atoms with van der Waals surface area (Å²) in [5.74, 6) is -1.02. The van der Waals surface area contributed by atoms with Crippen molar-refractivity contribution in [1.82, 2.24) is 9.80 Å². The number of thiophene rings is 1.